The third-order valence-electron chi connectivity index (χ3n) is 3.84. The summed E-state index contributed by atoms with van der Waals surface area (Å²) in [6, 6.07) is 14.8. The molecule has 0 saturated carbocycles. The van der Waals surface area contributed by atoms with Crippen LogP contribution in [0.25, 0.3) is 0 Å². The Bertz CT molecular complexity index is 821. The van der Waals surface area contributed by atoms with E-state index in [1.807, 2.05) is 34.5 Å². The number of carbonyl (C=O) groups excluding carboxylic acids is 2. The maximum absolute atomic E-state index is 12.5. The molecule has 2 heterocycles. The Morgan fingerprint density at radius 3 is 2.69 bits per heavy atom. The zero-order chi connectivity index (χ0) is 18.4. The van der Waals surface area contributed by atoms with Crippen LogP contribution in [0.5, 0.6) is 0 Å². The third-order valence-corrected chi connectivity index (χ3v) is 4.70. The van der Waals surface area contributed by atoms with Gasteiger partial charge >= 0.3 is 0 Å². The largest absolute Gasteiger partial charge is 0.468 e. The normalized spacial score (nSPS) is 10.8. The molecule has 0 aliphatic heterocycles. The van der Waals surface area contributed by atoms with Crippen LogP contribution >= 0.6 is 11.3 Å². The molecule has 0 aliphatic carbocycles. The highest BCUT2D eigenvalue weighted by Crippen LogP contribution is 2.16. The van der Waals surface area contributed by atoms with Gasteiger partial charge in [0.05, 0.1) is 19.4 Å². The fourth-order valence-electron chi connectivity index (χ4n) is 2.63. The number of ketones is 1. The fraction of sp³-hybridized carbons (Fsp3) is 0.200. The lowest BCUT2D eigenvalue weighted by atomic mass is 10.1. The number of hydrogen-bond acceptors (Lipinski definition) is 5. The van der Waals surface area contributed by atoms with Crippen molar-refractivity contribution in [2.45, 2.75) is 20.0 Å². The van der Waals surface area contributed by atoms with Crippen molar-refractivity contribution in [2.24, 2.45) is 0 Å². The lowest BCUT2D eigenvalue weighted by molar-refractivity contribution is -0.117. The van der Waals surface area contributed by atoms with Crippen molar-refractivity contribution >= 4 is 28.7 Å². The maximum atomic E-state index is 12.5. The van der Waals surface area contributed by atoms with Crippen molar-refractivity contribution < 1.29 is 14.0 Å². The molecule has 0 saturated heterocycles. The van der Waals surface area contributed by atoms with E-state index >= 15 is 0 Å². The van der Waals surface area contributed by atoms with Gasteiger partial charge in [0, 0.05) is 22.7 Å². The lowest BCUT2D eigenvalue weighted by Gasteiger charge is -2.20. The second-order valence-corrected chi connectivity index (χ2v) is 7.02. The number of Topliss-reactive ketones (excluding diaryl/α,β-unsaturated/α-hetero) is 1. The molecule has 1 aromatic carbocycles. The van der Waals surface area contributed by atoms with Gasteiger partial charge in [-0.15, -0.1) is 11.3 Å². The Morgan fingerprint density at radius 1 is 1.12 bits per heavy atom. The smallest absolute Gasteiger partial charge is 0.238 e. The third kappa shape index (κ3) is 5.15. The Morgan fingerprint density at radius 2 is 2.00 bits per heavy atom. The van der Waals surface area contributed by atoms with Crippen molar-refractivity contribution in [2.75, 3.05) is 11.9 Å². The molecular weight excluding hydrogens is 348 g/mol. The molecule has 6 heteroatoms. The van der Waals surface area contributed by atoms with E-state index in [0.717, 1.165) is 5.76 Å². The van der Waals surface area contributed by atoms with Gasteiger partial charge in [0.15, 0.2) is 5.78 Å². The van der Waals surface area contributed by atoms with Crippen LogP contribution in [0.4, 0.5) is 5.69 Å². The van der Waals surface area contributed by atoms with E-state index in [1.165, 1.54) is 11.8 Å². The summed E-state index contributed by atoms with van der Waals surface area (Å²) in [7, 11) is 0. The monoisotopic (exact) mass is 368 g/mol. The molecule has 0 aliphatic rings. The van der Waals surface area contributed by atoms with Crippen LogP contribution in [-0.4, -0.2) is 23.1 Å². The van der Waals surface area contributed by atoms with Crippen LogP contribution in [0.3, 0.4) is 0 Å². The van der Waals surface area contributed by atoms with E-state index in [1.54, 1.807) is 41.9 Å². The number of hydrogen-bond donors (Lipinski definition) is 1. The summed E-state index contributed by atoms with van der Waals surface area (Å²) in [4.78, 5) is 27.2. The molecule has 5 nitrogen and oxygen atoms in total. The number of amides is 1. The van der Waals surface area contributed by atoms with Crippen molar-refractivity contribution in [3.05, 3.63) is 76.4 Å². The molecule has 0 fully saturated rings. The summed E-state index contributed by atoms with van der Waals surface area (Å²) in [6.45, 7) is 2.95. The van der Waals surface area contributed by atoms with Crippen molar-refractivity contribution in [3.63, 3.8) is 0 Å². The Balaban J connectivity index is 1.66. The van der Waals surface area contributed by atoms with E-state index in [-0.39, 0.29) is 18.2 Å². The van der Waals surface area contributed by atoms with Gasteiger partial charge in [-0.2, -0.15) is 0 Å². The topological polar surface area (TPSA) is 62.6 Å². The minimum Gasteiger partial charge on any atom is -0.468 e. The summed E-state index contributed by atoms with van der Waals surface area (Å²) >= 11 is 1.66. The van der Waals surface area contributed by atoms with Crippen LogP contribution in [0, 0.1) is 0 Å². The molecule has 0 unspecified atom stereocenters. The number of rotatable bonds is 8. The van der Waals surface area contributed by atoms with Crippen LogP contribution in [0.2, 0.25) is 0 Å². The predicted octanol–water partition coefficient (Wildman–Crippen LogP) is 4.18. The van der Waals surface area contributed by atoms with Crippen LogP contribution < -0.4 is 5.32 Å². The minimum absolute atomic E-state index is 0.0294. The van der Waals surface area contributed by atoms with E-state index < -0.39 is 0 Å². The van der Waals surface area contributed by atoms with Crippen LogP contribution in [-0.2, 0) is 17.9 Å². The summed E-state index contributed by atoms with van der Waals surface area (Å²) < 4.78 is 5.42. The van der Waals surface area contributed by atoms with Gasteiger partial charge in [-0.25, -0.2) is 0 Å². The van der Waals surface area contributed by atoms with Gasteiger partial charge in [-0.1, -0.05) is 18.2 Å². The van der Waals surface area contributed by atoms with Gasteiger partial charge in [-0.05, 0) is 42.6 Å². The molecule has 0 bridgehead atoms. The standard InChI is InChI=1S/C20H20N2O3S/c1-15(23)16-5-2-6-17(11-16)21-20(24)14-22(12-18-7-3-9-25-18)13-19-8-4-10-26-19/h2-11H,12-14H2,1H3,(H,21,24). The highest BCUT2D eigenvalue weighted by molar-refractivity contribution is 7.09. The SMILES string of the molecule is CC(=O)c1cccc(NC(=O)CN(Cc2ccco2)Cc2cccs2)c1. The van der Waals surface area contributed by atoms with E-state index in [9.17, 15) is 9.59 Å². The number of carbonyl (C=O) groups is 2. The Labute approximate surface area is 156 Å². The summed E-state index contributed by atoms with van der Waals surface area (Å²) in [5.74, 6) is 0.653. The molecule has 2 aromatic heterocycles. The minimum atomic E-state index is -0.131. The first kappa shape index (κ1) is 18.1. The molecule has 3 rings (SSSR count). The first-order valence-electron chi connectivity index (χ1n) is 8.28. The fourth-order valence-corrected chi connectivity index (χ4v) is 3.38. The number of furan rings is 1. The predicted molar refractivity (Wildman–Crippen MR) is 102 cm³/mol. The van der Waals surface area contributed by atoms with Gasteiger partial charge < -0.3 is 9.73 Å². The van der Waals surface area contributed by atoms with Crippen LogP contribution in [0.15, 0.2) is 64.6 Å². The number of anilines is 1. The van der Waals surface area contributed by atoms with Crippen molar-refractivity contribution in [1.29, 1.82) is 0 Å². The van der Waals surface area contributed by atoms with Gasteiger partial charge in [0.2, 0.25) is 5.91 Å². The highest BCUT2D eigenvalue weighted by atomic mass is 32.1. The average molecular weight is 368 g/mol. The maximum Gasteiger partial charge on any atom is 0.238 e. The molecule has 134 valence electrons. The number of nitrogens with one attached hydrogen (secondary N) is 1. The number of nitrogens with zero attached hydrogens (tertiary/aromatic N) is 1. The molecular formula is C20H20N2O3S. The molecule has 1 amide bonds. The Hall–Kier alpha value is -2.70. The molecule has 0 radical (unpaired) electrons. The lowest BCUT2D eigenvalue weighted by Crippen LogP contribution is -2.32. The zero-order valence-electron chi connectivity index (χ0n) is 14.5. The van der Waals surface area contributed by atoms with Gasteiger partial charge in [0.25, 0.3) is 0 Å². The molecule has 0 spiro atoms. The average Bonchev–Trinajstić information content (AvgIpc) is 3.29. The number of thiophene rings is 1. The Kier molecular flexibility index (Phi) is 5.99. The van der Waals surface area contributed by atoms with Gasteiger partial charge in [0.1, 0.15) is 5.76 Å². The van der Waals surface area contributed by atoms with E-state index in [4.69, 9.17) is 4.42 Å². The number of benzene rings is 1. The first-order valence-corrected chi connectivity index (χ1v) is 9.16. The van der Waals surface area contributed by atoms with E-state index in [0.29, 0.717) is 24.3 Å². The molecule has 0 atom stereocenters. The van der Waals surface area contributed by atoms with Crippen LogP contribution in [0.1, 0.15) is 27.9 Å². The van der Waals surface area contributed by atoms with E-state index in [2.05, 4.69) is 5.32 Å². The molecule has 1 N–H and O–H groups in total. The molecule has 26 heavy (non-hydrogen) atoms. The second kappa shape index (κ2) is 8.60. The highest BCUT2D eigenvalue weighted by Gasteiger charge is 2.14. The van der Waals surface area contributed by atoms with Crippen molar-refractivity contribution in [1.82, 2.24) is 4.90 Å². The van der Waals surface area contributed by atoms with Gasteiger partial charge in [-0.3, -0.25) is 14.5 Å². The summed E-state index contributed by atoms with van der Waals surface area (Å²) in [6.07, 6.45) is 1.63. The van der Waals surface area contributed by atoms with Crippen molar-refractivity contribution in [3.8, 4) is 0 Å². The zero-order valence-corrected chi connectivity index (χ0v) is 15.3. The first-order chi connectivity index (χ1) is 12.6. The molecule has 3 aromatic rings. The summed E-state index contributed by atoms with van der Waals surface area (Å²) in [5.41, 5.74) is 1.20. The summed E-state index contributed by atoms with van der Waals surface area (Å²) in [5, 5.41) is 4.89. The second-order valence-electron chi connectivity index (χ2n) is 5.99. The quantitative estimate of drug-likeness (QED) is 0.606.